The molecule has 2 N–H and O–H groups in total. The van der Waals surface area contributed by atoms with E-state index in [9.17, 15) is 13.2 Å². The average Bonchev–Trinajstić information content (AvgIpc) is 2.91. The number of alkyl halides is 3. The second-order valence-electron chi connectivity index (χ2n) is 4.16. The summed E-state index contributed by atoms with van der Waals surface area (Å²) in [6, 6.07) is 6.80. The lowest BCUT2D eigenvalue weighted by Crippen LogP contribution is -2.04. The van der Waals surface area contributed by atoms with Gasteiger partial charge in [0.05, 0.1) is 6.61 Å². The largest absolute Gasteiger partial charge is 0.471 e. The van der Waals surface area contributed by atoms with Crippen LogP contribution in [-0.4, -0.2) is 16.7 Å². The number of aryl methyl sites for hydroxylation is 1. The first-order valence-corrected chi connectivity index (χ1v) is 6.18. The Bertz CT molecular complexity index is 536. The number of rotatable bonds is 3. The number of hydrogen-bond donors (Lipinski definition) is 1. The normalized spacial score (nSPS) is 11.0. The SMILES string of the molecule is CCCON.Cc1ccc(-c2noc(C(F)(F)F)n2)cc1. The molecular formula is C13H16F3N3O2. The minimum atomic E-state index is -4.60. The molecule has 1 aromatic heterocycles. The van der Waals surface area contributed by atoms with E-state index in [0.717, 1.165) is 12.0 Å². The molecule has 1 aromatic carbocycles. The van der Waals surface area contributed by atoms with Gasteiger partial charge in [-0.3, -0.25) is 0 Å². The molecule has 1 heterocycles. The van der Waals surface area contributed by atoms with Crippen molar-refractivity contribution in [3.05, 3.63) is 35.7 Å². The lowest BCUT2D eigenvalue weighted by atomic mass is 10.1. The fourth-order valence-electron chi connectivity index (χ4n) is 1.28. The van der Waals surface area contributed by atoms with Crippen molar-refractivity contribution >= 4 is 0 Å². The second kappa shape index (κ2) is 7.75. The average molecular weight is 303 g/mol. The highest BCUT2D eigenvalue weighted by Gasteiger charge is 2.38. The maximum absolute atomic E-state index is 12.2. The molecule has 0 atom stereocenters. The van der Waals surface area contributed by atoms with E-state index >= 15 is 0 Å². The van der Waals surface area contributed by atoms with E-state index in [1.165, 1.54) is 0 Å². The molecule has 0 aliphatic rings. The van der Waals surface area contributed by atoms with Crippen molar-refractivity contribution in [2.45, 2.75) is 26.4 Å². The molecular weight excluding hydrogens is 287 g/mol. The van der Waals surface area contributed by atoms with Crippen molar-refractivity contribution < 1.29 is 22.5 Å². The Kier molecular flexibility index (Phi) is 6.32. The van der Waals surface area contributed by atoms with Crippen LogP contribution in [0.4, 0.5) is 13.2 Å². The topological polar surface area (TPSA) is 74.2 Å². The predicted molar refractivity (Wildman–Crippen MR) is 69.9 cm³/mol. The quantitative estimate of drug-likeness (QED) is 0.880. The van der Waals surface area contributed by atoms with Crippen LogP contribution < -0.4 is 5.90 Å². The Hall–Kier alpha value is -1.93. The van der Waals surface area contributed by atoms with Gasteiger partial charge in [0.25, 0.3) is 0 Å². The molecule has 0 aliphatic heterocycles. The maximum Gasteiger partial charge on any atom is 0.471 e. The number of halogens is 3. The van der Waals surface area contributed by atoms with Crippen molar-refractivity contribution in [1.29, 1.82) is 0 Å². The van der Waals surface area contributed by atoms with Gasteiger partial charge in [-0.25, -0.2) is 5.90 Å². The van der Waals surface area contributed by atoms with Crippen LogP contribution in [0.1, 0.15) is 24.8 Å². The highest BCUT2D eigenvalue weighted by molar-refractivity contribution is 5.54. The van der Waals surface area contributed by atoms with Crippen LogP contribution in [0.15, 0.2) is 28.8 Å². The van der Waals surface area contributed by atoms with Crippen molar-refractivity contribution in [3.8, 4) is 11.4 Å². The highest BCUT2D eigenvalue weighted by Crippen LogP contribution is 2.29. The molecule has 0 saturated heterocycles. The molecule has 2 rings (SSSR count). The van der Waals surface area contributed by atoms with Crippen LogP contribution in [0.25, 0.3) is 11.4 Å². The zero-order chi connectivity index (χ0) is 15.9. The molecule has 116 valence electrons. The second-order valence-corrected chi connectivity index (χ2v) is 4.16. The summed E-state index contributed by atoms with van der Waals surface area (Å²) in [5.74, 6) is 3.25. The Morgan fingerprint density at radius 2 is 1.86 bits per heavy atom. The molecule has 2 aromatic rings. The number of aromatic nitrogens is 2. The Morgan fingerprint density at radius 1 is 1.24 bits per heavy atom. The first-order chi connectivity index (χ1) is 9.88. The highest BCUT2D eigenvalue weighted by atomic mass is 19.4. The smallest absolute Gasteiger partial charge is 0.329 e. The van der Waals surface area contributed by atoms with E-state index in [0.29, 0.717) is 12.2 Å². The van der Waals surface area contributed by atoms with Gasteiger partial charge >= 0.3 is 12.1 Å². The van der Waals surface area contributed by atoms with E-state index in [1.54, 1.807) is 24.3 Å². The van der Waals surface area contributed by atoms with Crippen molar-refractivity contribution in [1.82, 2.24) is 10.1 Å². The number of nitrogens with two attached hydrogens (primary N) is 1. The van der Waals surface area contributed by atoms with Crippen LogP contribution in [0.3, 0.4) is 0 Å². The molecule has 8 heteroatoms. The van der Waals surface area contributed by atoms with E-state index < -0.39 is 12.1 Å². The molecule has 0 radical (unpaired) electrons. The molecule has 0 unspecified atom stereocenters. The summed E-state index contributed by atoms with van der Waals surface area (Å²) in [5.41, 5.74) is 1.49. The van der Waals surface area contributed by atoms with Gasteiger partial charge in [0.1, 0.15) is 0 Å². The van der Waals surface area contributed by atoms with E-state index in [4.69, 9.17) is 0 Å². The third-order valence-electron chi connectivity index (χ3n) is 2.30. The summed E-state index contributed by atoms with van der Waals surface area (Å²) in [7, 11) is 0. The summed E-state index contributed by atoms with van der Waals surface area (Å²) < 4.78 is 40.7. The van der Waals surface area contributed by atoms with Gasteiger partial charge in [0, 0.05) is 5.56 Å². The van der Waals surface area contributed by atoms with Crippen LogP contribution in [0.2, 0.25) is 0 Å². The van der Waals surface area contributed by atoms with Gasteiger partial charge in [-0.15, -0.1) is 0 Å². The summed E-state index contributed by atoms with van der Waals surface area (Å²) in [6.07, 6.45) is -3.60. The van der Waals surface area contributed by atoms with E-state index in [1.807, 2.05) is 13.8 Å². The summed E-state index contributed by atoms with van der Waals surface area (Å²) in [6.45, 7) is 4.55. The molecule has 0 aliphatic carbocycles. The number of benzene rings is 1. The monoisotopic (exact) mass is 303 g/mol. The van der Waals surface area contributed by atoms with Gasteiger partial charge < -0.3 is 9.36 Å². The molecule has 0 spiro atoms. The van der Waals surface area contributed by atoms with Crippen LogP contribution in [0.5, 0.6) is 0 Å². The number of hydrogen-bond acceptors (Lipinski definition) is 5. The predicted octanol–water partition coefficient (Wildman–Crippen LogP) is 3.35. The first kappa shape index (κ1) is 17.1. The molecule has 0 bridgehead atoms. The lowest BCUT2D eigenvalue weighted by Gasteiger charge is -1.96. The van der Waals surface area contributed by atoms with Gasteiger partial charge in [0.15, 0.2) is 0 Å². The van der Waals surface area contributed by atoms with E-state index in [-0.39, 0.29) is 5.82 Å². The van der Waals surface area contributed by atoms with Gasteiger partial charge in [-0.05, 0) is 13.3 Å². The third kappa shape index (κ3) is 5.52. The Morgan fingerprint density at radius 3 is 2.24 bits per heavy atom. The van der Waals surface area contributed by atoms with Crippen molar-refractivity contribution in [2.75, 3.05) is 6.61 Å². The standard InChI is InChI=1S/C10H7F3N2O.C3H9NO/c1-6-2-4-7(5-3-6)8-14-9(16-15-8)10(11,12)13;1-2-3-5-4/h2-5H,1H3;2-4H2,1H3. The number of nitrogens with zero attached hydrogens (tertiary/aromatic N) is 2. The van der Waals surface area contributed by atoms with Crippen LogP contribution >= 0.6 is 0 Å². The van der Waals surface area contributed by atoms with Gasteiger partial charge in [-0.1, -0.05) is 41.9 Å². The zero-order valence-corrected chi connectivity index (χ0v) is 11.6. The molecule has 21 heavy (non-hydrogen) atoms. The summed E-state index contributed by atoms with van der Waals surface area (Å²) >= 11 is 0. The Labute approximate surface area is 119 Å². The zero-order valence-electron chi connectivity index (χ0n) is 11.6. The maximum atomic E-state index is 12.2. The fraction of sp³-hybridized carbons (Fsp3) is 0.385. The molecule has 0 fully saturated rings. The Balaban J connectivity index is 0.000000383. The molecule has 0 saturated carbocycles. The lowest BCUT2D eigenvalue weighted by molar-refractivity contribution is -0.159. The van der Waals surface area contributed by atoms with Crippen molar-refractivity contribution in [3.63, 3.8) is 0 Å². The summed E-state index contributed by atoms with van der Waals surface area (Å²) in [4.78, 5) is 7.47. The summed E-state index contributed by atoms with van der Waals surface area (Å²) in [5, 5.41) is 3.28. The van der Waals surface area contributed by atoms with Crippen molar-refractivity contribution in [2.24, 2.45) is 5.90 Å². The van der Waals surface area contributed by atoms with Gasteiger partial charge in [-0.2, -0.15) is 18.2 Å². The first-order valence-electron chi connectivity index (χ1n) is 6.18. The fourth-order valence-corrected chi connectivity index (χ4v) is 1.28. The minimum Gasteiger partial charge on any atom is -0.329 e. The molecule has 0 amide bonds. The molecule has 5 nitrogen and oxygen atoms in total. The third-order valence-corrected chi connectivity index (χ3v) is 2.30. The van der Waals surface area contributed by atoms with Crippen LogP contribution in [-0.2, 0) is 11.0 Å². The minimum absolute atomic E-state index is 0.0627. The van der Waals surface area contributed by atoms with E-state index in [2.05, 4.69) is 25.4 Å². The van der Waals surface area contributed by atoms with Gasteiger partial charge in [0.2, 0.25) is 5.82 Å². The van der Waals surface area contributed by atoms with Crippen LogP contribution in [0, 0.1) is 6.92 Å².